The predicted octanol–water partition coefficient (Wildman–Crippen LogP) is 2.98. The molecule has 0 saturated carbocycles. The summed E-state index contributed by atoms with van der Waals surface area (Å²) in [5.74, 6) is -0.890. The average molecular weight is 370 g/mol. The molecule has 1 aromatic heterocycles. The lowest BCUT2D eigenvalue weighted by molar-refractivity contribution is 0.0731. The highest BCUT2D eigenvalue weighted by atomic mass is 19.1. The molecule has 27 heavy (non-hydrogen) atoms. The van der Waals surface area contributed by atoms with Crippen molar-refractivity contribution in [2.24, 2.45) is 0 Å². The maximum atomic E-state index is 13.9. The summed E-state index contributed by atoms with van der Waals surface area (Å²) < 4.78 is 32.0. The van der Waals surface area contributed by atoms with Crippen LogP contribution in [0.25, 0.3) is 11.5 Å². The van der Waals surface area contributed by atoms with Crippen LogP contribution in [0.4, 0.5) is 14.5 Å². The first-order chi connectivity index (χ1) is 13.1. The summed E-state index contributed by atoms with van der Waals surface area (Å²) in [6.07, 6.45) is 0. The summed E-state index contributed by atoms with van der Waals surface area (Å²) in [4.78, 5) is 20.2. The van der Waals surface area contributed by atoms with Crippen molar-refractivity contribution < 1.29 is 18.1 Å². The Bertz CT molecular complexity index is 950. The molecular formula is C19H16F2N4O2. The Labute approximate surface area is 154 Å². The van der Waals surface area contributed by atoms with Crippen LogP contribution < -0.4 is 4.90 Å². The fourth-order valence-electron chi connectivity index (χ4n) is 3.02. The van der Waals surface area contributed by atoms with Gasteiger partial charge in [0, 0.05) is 31.7 Å². The Morgan fingerprint density at radius 2 is 1.67 bits per heavy atom. The summed E-state index contributed by atoms with van der Waals surface area (Å²) >= 11 is 0. The maximum absolute atomic E-state index is 13.9. The van der Waals surface area contributed by atoms with Crippen molar-refractivity contribution in [3.63, 3.8) is 0 Å². The van der Waals surface area contributed by atoms with E-state index in [0.29, 0.717) is 37.4 Å². The van der Waals surface area contributed by atoms with Gasteiger partial charge >= 0.3 is 0 Å². The molecule has 0 bridgehead atoms. The lowest BCUT2D eigenvalue weighted by Gasteiger charge is -2.35. The van der Waals surface area contributed by atoms with Crippen LogP contribution in [-0.4, -0.2) is 47.1 Å². The summed E-state index contributed by atoms with van der Waals surface area (Å²) in [5.41, 5.74) is 1.06. The molecule has 0 spiro atoms. The van der Waals surface area contributed by atoms with Gasteiger partial charge in [-0.3, -0.25) is 4.79 Å². The van der Waals surface area contributed by atoms with Gasteiger partial charge in [-0.1, -0.05) is 17.3 Å². The highest BCUT2D eigenvalue weighted by molar-refractivity contribution is 5.91. The molecule has 4 rings (SSSR count). The zero-order valence-corrected chi connectivity index (χ0v) is 14.3. The number of carbonyl (C=O) groups excluding carboxylic acids is 1. The third kappa shape index (κ3) is 3.51. The van der Waals surface area contributed by atoms with Crippen LogP contribution in [0.3, 0.4) is 0 Å². The predicted molar refractivity (Wildman–Crippen MR) is 94.2 cm³/mol. The van der Waals surface area contributed by atoms with Crippen molar-refractivity contribution in [2.45, 2.75) is 0 Å². The van der Waals surface area contributed by atoms with Crippen LogP contribution in [0.15, 0.2) is 53.1 Å². The van der Waals surface area contributed by atoms with Crippen molar-refractivity contribution in [1.29, 1.82) is 0 Å². The van der Waals surface area contributed by atoms with Crippen LogP contribution in [0.2, 0.25) is 0 Å². The number of anilines is 1. The van der Waals surface area contributed by atoms with Crippen molar-refractivity contribution >= 4 is 11.6 Å². The minimum absolute atomic E-state index is 0.0475. The van der Waals surface area contributed by atoms with Crippen LogP contribution >= 0.6 is 0 Å². The molecule has 0 radical (unpaired) electrons. The number of hydrogen-bond donors (Lipinski definition) is 0. The van der Waals surface area contributed by atoms with Crippen molar-refractivity contribution in [1.82, 2.24) is 15.0 Å². The van der Waals surface area contributed by atoms with E-state index in [0.717, 1.165) is 0 Å². The molecule has 6 nitrogen and oxygen atoms in total. The average Bonchev–Trinajstić information content (AvgIpc) is 3.19. The maximum Gasteiger partial charge on any atom is 0.295 e. The molecule has 0 aliphatic carbocycles. The second-order valence-electron chi connectivity index (χ2n) is 6.16. The number of rotatable bonds is 3. The Hall–Kier alpha value is -3.29. The monoisotopic (exact) mass is 370 g/mol. The van der Waals surface area contributed by atoms with Crippen molar-refractivity contribution in [3.05, 3.63) is 66.0 Å². The van der Waals surface area contributed by atoms with Crippen LogP contribution in [0, 0.1) is 11.6 Å². The second-order valence-corrected chi connectivity index (χ2v) is 6.16. The Morgan fingerprint density at radius 1 is 0.963 bits per heavy atom. The zero-order chi connectivity index (χ0) is 18.8. The second kappa shape index (κ2) is 7.14. The topological polar surface area (TPSA) is 62.5 Å². The number of benzene rings is 2. The van der Waals surface area contributed by atoms with E-state index < -0.39 is 0 Å². The summed E-state index contributed by atoms with van der Waals surface area (Å²) in [6.45, 7) is 1.87. The lowest BCUT2D eigenvalue weighted by Crippen LogP contribution is -2.49. The number of carbonyl (C=O) groups is 1. The molecule has 8 heteroatoms. The molecule has 138 valence electrons. The number of halogens is 2. The van der Waals surface area contributed by atoms with Gasteiger partial charge in [-0.2, -0.15) is 4.98 Å². The summed E-state index contributed by atoms with van der Waals surface area (Å²) in [6, 6.07) is 12.1. The zero-order valence-electron chi connectivity index (χ0n) is 14.3. The fraction of sp³-hybridized carbons (Fsp3) is 0.211. The molecular weight excluding hydrogens is 354 g/mol. The van der Waals surface area contributed by atoms with Gasteiger partial charge in [0.05, 0.1) is 5.69 Å². The van der Waals surface area contributed by atoms with Crippen LogP contribution in [0.1, 0.15) is 10.6 Å². The first-order valence-electron chi connectivity index (χ1n) is 8.50. The minimum Gasteiger partial charge on any atom is -0.366 e. The number of amides is 1. The molecule has 1 aliphatic heterocycles. The smallest absolute Gasteiger partial charge is 0.295 e. The molecule has 1 saturated heterocycles. The van der Waals surface area contributed by atoms with E-state index in [1.54, 1.807) is 23.1 Å². The largest absolute Gasteiger partial charge is 0.366 e. The highest BCUT2D eigenvalue weighted by Crippen LogP contribution is 2.21. The molecule has 0 atom stereocenters. The molecule has 3 aromatic rings. The SMILES string of the molecule is O=C(c1noc(-c2ccc(F)cc2)n1)N1CCN(c2ccccc2F)CC1. The van der Waals surface area contributed by atoms with Gasteiger partial charge in [0.1, 0.15) is 11.6 Å². The first kappa shape index (κ1) is 17.1. The molecule has 0 N–H and O–H groups in total. The van der Waals surface area contributed by atoms with Crippen LogP contribution in [-0.2, 0) is 0 Å². The molecule has 2 heterocycles. The molecule has 1 amide bonds. The number of aromatic nitrogens is 2. The van der Waals surface area contributed by atoms with E-state index in [2.05, 4.69) is 10.1 Å². The standard InChI is InChI=1S/C19H16F2N4O2/c20-14-7-5-13(6-8-14)18-22-17(23-27-18)19(26)25-11-9-24(10-12-25)16-4-2-1-3-15(16)21/h1-8H,9-12H2. The molecule has 1 aliphatic rings. The Kier molecular flexibility index (Phi) is 4.53. The number of nitrogens with zero attached hydrogens (tertiary/aromatic N) is 4. The van der Waals surface area contributed by atoms with Crippen molar-refractivity contribution in [2.75, 3.05) is 31.1 Å². The third-order valence-electron chi connectivity index (χ3n) is 4.47. The van der Waals surface area contributed by atoms with Crippen molar-refractivity contribution in [3.8, 4) is 11.5 Å². The molecule has 1 fully saturated rings. The van der Waals surface area contributed by atoms with E-state index in [1.807, 2.05) is 4.90 Å². The van der Waals surface area contributed by atoms with Gasteiger partial charge < -0.3 is 14.3 Å². The van der Waals surface area contributed by atoms with Gasteiger partial charge in [0.2, 0.25) is 0 Å². The quantitative estimate of drug-likeness (QED) is 0.709. The Balaban J connectivity index is 1.43. The van der Waals surface area contributed by atoms with E-state index >= 15 is 0 Å². The van der Waals surface area contributed by atoms with E-state index in [4.69, 9.17) is 4.52 Å². The summed E-state index contributed by atoms with van der Waals surface area (Å²) in [7, 11) is 0. The first-order valence-corrected chi connectivity index (χ1v) is 8.50. The van der Waals surface area contributed by atoms with Gasteiger partial charge in [-0.05, 0) is 36.4 Å². The van der Waals surface area contributed by atoms with E-state index in [9.17, 15) is 13.6 Å². The number of hydrogen-bond acceptors (Lipinski definition) is 5. The molecule has 2 aromatic carbocycles. The summed E-state index contributed by atoms with van der Waals surface area (Å²) in [5, 5.41) is 3.74. The van der Waals surface area contributed by atoms with Gasteiger partial charge in [-0.15, -0.1) is 0 Å². The van der Waals surface area contributed by atoms with E-state index in [1.165, 1.54) is 30.3 Å². The third-order valence-corrected chi connectivity index (χ3v) is 4.47. The number of piperazine rings is 1. The van der Waals surface area contributed by atoms with E-state index in [-0.39, 0.29) is 29.3 Å². The molecule has 0 unspecified atom stereocenters. The van der Waals surface area contributed by atoms with Gasteiger partial charge in [0.15, 0.2) is 0 Å². The number of para-hydroxylation sites is 1. The van der Waals surface area contributed by atoms with Crippen LogP contribution in [0.5, 0.6) is 0 Å². The van der Waals surface area contributed by atoms with Gasteiger partial charge in [-0.25, -0.2) is 8.78 Å². The Morgan fingerprint density at radius 3 is 2.37 bits per heavy atom. The van der Waals surface area contributed by atoms with Gasteiger partial charge in [0.25, 0.3) is 17.6 Å². The normalized spacial score (nSPS) is 14.4. The fourth-order valence-corrected chi connectivity index (χ4v) is 3.02. The highest BCUT2D eigenvalue weighted by Gasteiger charge is 2.26. The minimum atomic E-state index is -0.373. The lowest BCUT2D eigenvalue weighted by atomic mass is 10.2.